The van der Waals surface area contributed by atoms with Crippen molar-refractivity contribution in [3.05, 3.63) is 54.0 Å². The maximum absolute atomic E-state index is 13.1. The minimum Gasteiger partial charge on any atom is -0.332 e. The fourth-order valence-electron chi connectivity index (χ4n) is 4.16. The number of benzene rings is 1. The van der Waals surface area contributed by atoms with Gasteiger partial charge in [-0.15, -0.1) is 22.0 Å². The van der Waals surface area contributed by atoms with E-state index in [4.69, 9.17) is 0 Å². The smallest absolute Gasteiger partial charge is 0.332 e. The zero-order valence-corrected chi connectivity index (χ0v) is 17.5. The number of fused-ring (bicyclic) bond motifs is 2. The molecule has 2 aliphatic rings. The van der Waals surface area contributed by atoms with Gasteiger partial charge in [-0.2, -0.15) is 13.2 Å². The molecular weight excluding hydrogens is 443 g/mol. The number of hydrogen-bond acceptors (Lipinski definition) is 5. The molecule has 2 aliphatic heterocycles. The number of nitrogens with zero attached hydrogens (tertiary/aromatic N) is 4. The van der Waals surface area contributed by atoms with Crippen LogP contribution in [-0.2, 0) is 15.8 Å². The normalized spacial score (nSPS) is 21.0. The topological polar surface area (TPSA) is 79.6 Å². The predicted molar refractivity (Wildman–Crippen MR) is 111 cm³/mol. The van der Waals surface area contributed by atoms with Crippen LogP contribution in [0.5, 0.6) is 0 Å². The number of hydrogen-bond donors (Lipinski definition) is 1. The summed E-state index contributed by atoms with van der Waals surface area (Å²) in [6, 6.07) is 8.56. The first-order valence-electron chi connectivity index (χ1n) is 10.1. The van der Waals surface area contributed by atoms with E-state index in [0.717, 1.165) is 36.7 Å². The summed E-state index contributed by atoms with van der Waals surface area (Å²) in [5.74, 6) is 0.0132. The summed E-state index contributed by atoms with van der Waals surface area (Å²) in [5, 5.41) is 10.2. The van der Waals surface area contributed by atoms with Gasteiger partial charge in [0, 0.05) is 24.1 Å². The van der Waals surface area contributed by atoms with E-state index in [9.17, 15) is 22.8 Å². The van der Waals surface area contributed by atoms with E-state index >= 15 is 0 Å². The van der Waals surface area contributed by atoms with Gasteiger partial charge < -0.3 is 10.2 Å². The fraction of sp³-hybridized carbons (Fsp3) is 0.333. The van der Waals surface area contributed by atoms with Crippen molar-refractivity contribution in [2.75, 3.05) is 11.9 Å². The molecule has 0 bridgehead atoms. The van der Waals surface area contributed by atoms with Crippen LogP contribution >= 0.6 is 11.8 Å². The number of carbonyl (C=O) groups is 2. The van der Waals surface area contributed by atoms with Gasteiger partial charge in [0.2, 0.25) is 11.8 Å². The molecule has 1 saturated heterocycles. The van der Waals surface area contributed by atoms with E-state index < -0.39 is 22.9 Å². The van der Waals surface area contributed by atoms with Crippen LogP contribution in [0.1, 0.15) is 36.7 Å². The Morgan fingerprint density at radius 1 is 1.22 bits per heavy atom. The van der Waals surface area contributed by atoms with Gasteiger partial charge in [-0.25, -0.2) is 0 Å². The quantitative estimate of drug-likeness (QED) is 0.640. The Hall–Kier alpha value is -3.08. The minimum atomic E-state index is -4.49. The summed E-state index contributed by atoms with van der Waals surface area (Å²) < 4.78 is 40.7. The Balaban J connectivity index is 1.33. The van der Waals surface area contributed by atoms with Crippen molar-refractivity contribution < 1.29 is 22.8 Å². The Morgan fingerprint density at radius 3 is 2.88 bits per heavy atom. The van der Waals surface area contributed by atoms with Crippen molar-refractivity contribution in [3.8, 4) is 0 Å². The van der Waals surface area contributed by atoms with Gasteiger partial charge in [-0.05, 0) is 43.2 Å². The molecule has 11 heteroatoms. The highest BCUT2D eigenvalue weighted by atomic mass is 32.2. The van der Waals surface area contributed by atoms with Gasteiger partial charge in [0.1, 0.15) is 0 Å². The molecule has 166 valence electrons. The van der Waals surface area contributed by atoms with Gasteiger partial charge in [-0.3, -0.25) is 14.0 Å². The lowest BCUT2D eigenvalue weighted by atomic mass is 10.1. The van der Waals surface area contributed by atoms with Crippen molar-refractivity contribution in [2.24, 2.45) is 0 Å². The van der Waals surface area contributed by atoms with E-state index in [1.54, 1.807) is 4.90 Å². The average molecular weight is 461 g/mol. The van der Waals surface area contributed by atoms with Gasteiger partial charge in [0.15, 0.2) is 11.5 Å². The monoisotopic (exact) mass is 461 g/mol. The van der Waals surface area contributed by atoms with Crippen LogP contribution in [-0.4, -0.2) is 43.1 Å². The first kappa shape index (κ1) is 20.8. The van der Waals surface area contributed by atoms with Crippen LogP contribution in [0.3, 0.4) is 0 Å². The maximum atomic E-state index is 13.1. The molecule has 0 saturated carbocycles. The van der Waals surface area contributed by atoms with Gasteiger partial charge in [0.25, 0.3) is 0 Å². The lowest BCUT2D eigenvalue weighted by Crippen LogP contribution is -2.37. The van der Waals surface area contributed by atoms with Crippen LogP contribution in [0.25, 0.3) is 5.65 Å². The minimum absolute atomic E-state index is 0.0514. The summed E-state index contributed by atoms with van der Waals surface area (Å²) in [7, 11) is 0. The molecule has 3 aromatic rings. The fourth-order valence-corrected chi connectivity index (χ4v) is 5.24. The number of anilines is 1. The molecule has 1 aromatic carbocycles. The van der Waals surface area contributed by atoms with E-state index in [1.165, 1.54) is 6.07 Å². The maximum Gasteiger partial charge on any atom is 0.416 e. The second kappa shape index (κ2) is 7.80. The number of halogens is 3. The first-order valence-corrected chi connectivity index (χ1v) is 11.0. The Morgan fingerprint density at radius 2 is 2.06 bits per heavy atom. The summed E-state index contributed by atoms with van der Waals surface area (Å²) in [6.45, 7) is 0.551. The Labute approximate surface area is 185 Å². The lowest BCUT2D eigenvalue weighted by molar-refractivity contribution is -0.137. The highest BCUT2D eigenvalue weighted by molar-refractivity contribution is 8.01. The van der Waals surface area contributed by atoms with Gasteiger partial charge >= 0.3 is 6.18 Å². The summed E-state index contributed by atoms with van der Waals surface area (Å²) >= 11 is 1.11. The molecular formula is C21H18F3N5O2S. The molecule has 32 heavy (non-hydrogen) atoms. The van der Waals surface area contributed by atoms with Crippen LogP contribution in [0.4, 0.5) is 18.9 Å². The number of thioether (sulfide) groups is 1. The third-order valence-electron chi connectivity index (χ3n) is 5.70. The number of amides is 2. The SMILES string of the molecule is O=C1Nc2cc(C(F)(F)F)ccc2S[C@@H]1CC(=O)N1CCC[C@@H]1c1nnc2ccccn12. The summed E-state index contributed by atoms with van der Waals surface area (Å²) in [6.07, 6.45) is -1.14. The number of rotatable bonds is 3. The molecule has 2 amide bonds. The molecule has 0 unspecified atom stereocenters. The van der Waals surface area contributed by atoms with E-state index in [-0.39, 0.29) is 24.1 Å². The molecule has 2 aromatic heterocycles. The summed E-state index contributed by atoms with van der Waals surface area (Å²) in [4.78, 5) is 27.9. The van der Waals surface area contributed by atoms with Crippen LogP contribution in [0.15, 0.2) is 47.5 Å². The number of carbonyl (C=O) groups excluding carboxylic acids is 2. The third-order valence-corrected chi connectivity index (χ3v) is 6.97. The van der Waals surface area contributed by atoms with Crippen LogP contribution in [0.2, 0.25) is 0 Å². The lowest BCUT2D eigenvalue weighted by Gasteiger charge is -2.28. The van der Waals surface area contributed by atoms with Crippen LogP contribution < -0.4 is 5.32 Å². The highest BCUT2D eigenvalue weighted by Crippen LogP contribution is 2.41. The average Bonchev–Trinajstić information content (AvgIpc) is 3.40. The second-order valence-electron chi connectivity index (χ2n) is 7.74. The third kappa shape index (κ3) is 3.70. The Bertz CT molecular complexity index is 1210. The zero-order valence-electron chi connectivity index (χ0n) is 16.7. The number of likely N-dealkylation sites (tertiary alicyclic amines) is 1. The molecule has 1 N–H and O–H groups in total. The predicted octanol–water partition coefficient (Wildman–Crippen LogP) is 3.91. The van der Waals surface area contributed by atoms with Crippen molar-refractivity contribution in [3.63, 3.8) is 0 Å². The number of nitrogens with one attached hydrogen (secondary N) is 1. The molecule has 7 nitrogen and oxygen atoms in total. The molecule has 0 spiro atoms. The van der Waals surface area contributed by atoms with Gasteiger partial charge in [-0.1, -0.05) is 6.07 Å². The summed E-state index contributed by atoms with van der Waals surface area (Å²) in [5.41, 5.74) is -0.0153. The largest absolute Gasteiger partial charge is 0.416 e. The van der Waals surface area contributed by atoms with Crippen molar-refractivity contribution >= 4 is 34.9 Å². The molecule has 5 rings (SSSR count). The van der Waals surface area contributed by atoms with Crippen molar-refractivity contribution in [1.29, 1.82) is 0 Å². The Kier molecular flexibility index (Phi) is 5.07. The first-order chi connectivity index (χ1) is 15.3. The van der Waals surface area contributed by atoms with Crippen molar-refractivity contribution in [2.45, 2.75) is 41.6 Å². The zero-order chi connectivity index (χ0) is 22.5. The molecule has 0 aliphatic carbocycles. The molecule has 4 heterocycles. The number of aromatic nitrogens is 3. The molecule has 0 radical (unpaired) electrons. The second-order valence-corrected chi connectivity index (χ2v) is 8.99. The van der Waals surface area contributed by atoms with E-state index in [1.807, 2.05) is 28.8 Å². The molecule has 1 fully saturated rings. The standard InChI is InChI=1S/C21H18F3N5O2S/c22-21(23,24)12-6-7-15-13(10-12)25-20(31)16(32-15)11-18(30)28-9-3-4-14(28)19-27-26-17-5-1-2-8-29(17)19/h1-2,5-8,10,14,16H,3-4,9,11H2,(H,25,31)/t14-,16-/m1/s1. The van der Waals surface area contributed by atoms with Crippen molar-refractivity contribution in [1.82, 2.24) is 19.5 Å². The number of pyridine rings is 1. The highest BCUT2D eigenvalue weighted by Gasteiger charge is 2.38. The molecule has 2 atom stereocenters. The van der Waals surface area contributed by atoms with Gasteiger partial charge in [0.05, 0.1) is 22.5 Å². The number of alkyl halides is 3. The van der Waals surface area contributed by atoms with Crippen LogP contribution in [0, 0.1) is 0 Å². The van der Waals surface area contributed by atoms with E-state index in [2.05, 4.69) is 15.5 Å². The van der Waals surface area contributed by atoms with E-state index in [0.29, 0.717) is 22.9 Å².